The van der Waals surface area contributed by atoms with Crippen LogP contribution in [0.4, 0.5) is 18.9 Å². The summed E-state index contributed by atoms with van der Waals surface area (Å²) in [5, 5.41) is 2.21. The molecule has 1 saturated heterocycles. The third-order valence-electron chi connectivity index (χ3n) is 5.56. The summed E-state index contributed by atoms with van der Waals surface area (Å²) < 4.78 is 67.4. The maximum absolute atomic E-state index is 13.2. The second-order valence-corrected chi connectivity index (χ2v) is 9.78. The molecule has 2 amide bonds. The minimum atomic E-state index is -4.66. The van der Waals surface area contributed by atoms with Gasteiger partial charge in [0.15, 0.2) is 0 Å². The Labute approximate surface area is 196 Å². The number of piperidine rings is 1. The Kier molecular flexibility index (Phi) is 7.98. The molecule has 1 N–H and O–H groups in total. The lowest BCUT2D eigenvalue weighted by atomic mass is 10.1. The van der Waals surface area contributed by atoms with Gasteiger partial charge < -0.3 is 10.2 Å². The van der Waals surface area contributed by atoms with Crippen LogP contribution in [0.25, 0.3) is 0 Å². The molecule has 2 aromatic carbocycles. The molecule has 0 radical (unpaired) electrons. The zero-order valence-corrected chi connectivity index (χ0v) is 19.5. The zero-order valence-electron chi connectivity index (χ0n) is 18.6. The topological polar surface area (TPSA) is 86.8 Å². The Morgan fingerprint density at radius 3 is 2.26 bits per heavy atom. The number of halogens is 3. The first kappa shape index (κ1) is 25.7. The molecule has 0 aliphatic carbocycles. The van der Waals surface area contributed by atoms with E-state index in [1.807, 2.05) is 0 Å². The summed E-state index contributed by atoms with van der Waals surface area (Å²) in [6, 6.07) is 10.3. The highest BCUT2D eigenvalue weighted by molar-refractivity contribution is 7.89. The summed E-state index contributed by atoms with van der Waals surface area (Å²) in [5.74, 6) is -1.53. The summed E-state index contributed by atoms with van der Waals surface area (Å²) in [7, 11) is -3.92. The number of nitrogens with one attached hydrogen (secondary N) is 1. The summed E-state index contributed by atoms with van der Waals surface area (Å²) in [6.07, 6.45) is -2.26. The van der Waals surface area contributed by atoms with Crippen molar-refractivity contribution in [2.75, 3.05) is 31.5 Å². The van der Waals surface area contributed by atoms with Gasteiger partial charge in [0.1, 0.15) is 6.54 Å². The van der Waals surface area contributed by atoms with E-state index in [2.05, 4.69) is 5.32 Å². The molecule has 3 rings (SSSR count). The average molecular weight is 498 g/mol. The first-order valence-corrected chi connectivity index (χ1v) is 12.3. The molecule has 1 heterocycles. The van der Waals surface area contributed by atoms with Crippen molar-refractivity contribution in [3.8, 4) is 0 Å². The third kappa shape index (κ3) is 5.76. The van der Waals surface area contributed by atoms with E-state index in [1.165, 1.54) is 40.7 Å². The van der Waals surface area contributed by atoms with Crippen molar-refractivity contribution in [1.82, 2.24) is 9.21 Å². The molecule has 1 aliphatic rings. The molecule has 0 spiro atoms. The van der Waals surface area contributed by atoms with Gasteiger partial charge in [-0.3, -0.25) is 9.59 Å². The quantitative estimate of drug-likeness (QED) is 0.627. The van der Waals surface area contributed by atoms with Gasteiger partial charge >= 0.3 is 6.18 Å². The van der Waals surface area contributed by atoms with Crippen LogP contribution < -0.4 is 5.32 Å². The monoisotopic (exact) mass is 497 g/mol. The molecule has 1 aliphatic heterocycles. The standard InChI is InChI=1S/C23H26F3N3O4S/c1-2-28(16-21(30)27-19-12-6-5-11-18(19)23(24,25)26)22(31)17-10-4-7-13-20(17)34(32,33)29-14-8-3-9-15-29/h4-7,10-13H,2-3,8-9,14-16H2,1H3,(H,27,30). The van der Waals surface area contributed by atoms with E-state index < -0.39 is 45.8 Å². The maximum atomic E-state index is 13.2. The van der Waals surface area contributed by atoms with Crippen molar-refractivity contribution in [1.29, 1.82) is 0 Å². The van der Waals surface area contributed by atoms with Crippen LogP contribution >= 0.6 is 0 Å². The predicted octanol–water partition coefficient (Wildman–Crippen LogP) is 3.98. The Bertz CT molecular complexity index is 1150. The molecule has 0 bridgehead atoms. The summed E-state index contributed by atoms with van der Waals surface area (Å²) >= 11 is 0. The number of hydrogen-bond donors (Lipinski definition) is 1. The van der Waals surface area contributed by atoms with E-state index in [-0.39, 0.29) is 17.0 Å². The van der Waals surface area contributed by atoms with Crippen molar-refractivity contribution >= 4 is 27.5 Å². The van der Waals surface area contributed by atoms with E-state index >= 15 is 0 Å². The molecule has 34 heavy (non-hydrogen) atoms. The van der Waals surface area contributed by atoms with Gasteiger partial charge in [0.05, 0.1) is 21.7 Å². The Morgan fingerprint density at radius 2 is 1.62 bits per heavy atom. The Morgan fingerprint density at radius 1 is 1.00 bits per heavy atom. The SMILES string of the molecule is CCN(CC(=O)Nc1ccccc1C(F)(F)F)C(=O)c1ccccc1S(=O)(=O)N1CCCCC1. The van der Waals surface area contributed by atoms with E-state index in [4.69, 9.17) is 0 Å². The third-order valence-corrected chi connectivity index (χ3v) is 7.52. The molecule has 2 aromatic rings. The van der Waals surface area contributed by atoms with Crippen LogP contribution in [0, 0.1) is 0 Å². The largest absolute Gasteiger partial charge is 0.418 e. The van der Waals surface area contributed by atoms with Gasteiger partial charge in [0.2, 0.25) is 15.9 Å². The predicted molar refractivity (Wildman–Crippen MR) is 121 cm³/mol. The number of hydrogen-bond acceptors (Lipinski definition) is 4. The van der Waals surface area contributed by atoms with Gasteiger partial charge in [0.25, 0.3) is 5.91 Å². The van der Waals surface area contributed by atoms with Crippen LogP contribution in [0.1, 0.15) is 42.1 Å². The van der Waals surface area contributed by atoms with Crippen LogP contribution in [0.15, 0.2) is 53.4 Å². The highest BCUT2D eigenvalue weighted by atomic mass is 32.2. The molecule has 0 unspecified atom stereocenters. The molecule has 1 fully saturated rings. The Balaban J connectivity index is 1.82. The van der Waals surface area contributed by atoms with E-state index in [1.54, 1.807) is 6.92 Å². The Hall–Kier alpha value is -2.92. The first-order chi connectivity index (χ1) is 16.1. The molecule has 0 atom stereocenters. The van der Waals surface area contributed by atoms with Crippen molar-refractivity contribution < 1.29 is 31.2 Å². The van der Waals surface area contributed by atoms with Crippen LogP contribution in [0.3, 0.4) is 0 Å². The molecule has 7 nitrogen and oxygen atoms in total. The average Bonchev–Trinajstić information content (AvgIpc) is 2.82. The smallest absolute Gasteiger partial charge is 0.330 e. The van der Waals surface area contributed by atoms with E-state index in [0.717, 1.165) is 36.3 Å². The summed E-state index contributed by atoms with van der Waals surface area (Å²) in [4.78, 5) is 26.7. The lowest BCUT2D eigenvalue weighted by Crippen LogP contribution is -2.40. The number of anilines is 1. The fourth-order valence-electron chi connectivity index (χ4n) is 3.81. The molecular weight excluding hydrogens is 471 g/mol. The minimum Gasteiger partial charge on any atom is -0.330 e. The lowest BCUT2D eigenvalue weighted by molar-refractivity contribution is -0.137. The second-order valence-electron chi connectivity index (χ2n) is 7.87. The molecular formula is C23H26F3N3O4S. The number of amides is 2. The number of benzene rings is 2. The van der Waals surface area contributed by atoms with E-state index in [0.29, 0.717) is 13.1 Å². The normalized spacial score (nSPS) is 15.1. The van der Waals surface area contributed by atoms with Crippen molar-refractivity contribution in [2.24, 2.45) is 0 Å². The van der Waals surface area contributed by atoms with Gasteiger partial charge in [-0.25, -0.2) is 8.42 Å². The van der Waals surface area contributed by atoms with Gasteiger partial charge in [-0.05, 0) is 44.0 Å². The number of likely N-dealkylation sites (N-methyl/N-ethyl adjacent to an activating group) is 1. The highest BCUT2D eigenvalue weighted by Crippen LogP contribution is 2.34. The number of nitrogens with zero attached hydrogens (tertiary/aromatic N) is 2. The highest BCUT2D eigenvalue weighted by Gasteiger charge is 2.34. The van der Waals surface area contributed by atoms with Crippen LogP contribution in [-0.4, -0.2) is 55.6 Å². The molecule has 184 valence electrons. The van der Waals surface area contributed by atoms with Crippen LogP contribution in [0.5, 0.6) is 0 Å². The number of para-hydroxylation sites is 1. The van der Waals surface area contributed by atoms with Crippen molar-refractivity contribution in [3.05, 3.63) is 59.7 Å². The van der Waals surface area contributed by atoms with Crippen molar-refractivity contribution in [2.45, 2.75) is 37.3 Å². The van der Waals surface area contributed by atoms with Crippen LogP contribution in [-0.2, 0) is 21.0 Å². The first-order valence-electron chi connectivity index (χ1n) is 10.9. The lowest BCUT2D eigenvalue weighted by Gasteiger charge is -2.27. The number of rotatable bonds is 7. The minimum absolute atomic E-state index is 0.0469. The van der Waals surface area contributed by atoms with Gasteiger partial charge in [-0.15, -0.1) is 0 Å². The van der Waals surface area contributed by atoms with Gasteiger partial charge in [-0.2, -0.15) is 17.5 Å². The van der Waals surface area contributed by atoms with E-state index in [9.17, 15) is 31.2 Å². The number of sulfonamides is 1. The van der Waals surface area contributed by atoms with Gasteiger partial charge in [-0.1, -0.05) is 30.7 Å². The fourth-order valence-corrected chi connectivity index (χ4v) is 5.51. The number of carbonyl (C=O) groups is 2. The summed E-state index contributed by atoms with van der Waals surface area (Å²) in [5.41, 5.74) is -1.51. The van der Waals surface area contributed by atoms with Crippen molar-refractivity contribution in [3.63, 3.8) is 0 Å². The van der Waals surface area contributed by atoms with Crippen LogP contribution in [0.2, 0.25) is 0 Å². The molecule has 0 aromatic heterocycles. The summed E-state index contributed by atoms with van der Waals surface area (Å²) in [6.45, 7) is 1.83. The number of alkyl halides is 3. The molecule has 0 saturated carbocycles. The maximum Gasteiger partial charge on any atom is 0.418 e. The zero-order chi connectivity index (χ0) is 24.9. The van der Waals surface area contributed by atoms with Gasteiger partial charge in [0, 0.05) is 19.6 Å². The molecule has 11 heteroatoms. The fraction of sp³-hybridized carbons (Fsp3) is 0.391. The number of carbonyl (C=O) groups excluding carboxylic acids is 2. The second kappa shape index (κ2) is 10.6.